The molecule has 4 nitrogen and oxygen atoms in total. The summed E-state index contributed by atoms with van der Waals surface area (Å²) < 4.78 is 0. The van der Waals surface area contributed by atoms with E-state index in [0.29, 0.717) is 11.0 Å². The molecule has 2 aromatic rings. The minimum atomic E-state index is 0.544. The van der Waals surface area contributed by atoms with E-state index in [1.54, 1.807) is 0 Å². The first-order valence-corrected chi connectivity index (χ1v) is 4.87. The lowest BCUT2D eigenvalue weighted by atomic mass is 10.1. The molecule has 0 saturated carbocycles. The Kier molecular flexibility index (Phi) is 2.62. The Morgan fingerprint density at radius 3 is 2.87 bits per heavy atom. The summed E-state index contributed by atoms with van der Waals surface area (Å²) in [7, 11) is 0. The fourth-order valence-electron chi connectivity index (χ4n) is 1.45. The molecule has 4 N–H and O–H groups in total. The predicted octanol–water partition coefficient (Wildman–Crippen LogP) is 2.32. The number of aryl methyl sites for hydroxylation is 1. The van der Waals surface area contributed by atoms with Crippen molar-refractivity contribution < 1.29 is 0 Å². The number of H-pyrrole nitrogens is 1. The van der Waals surface area contributed by atoms with Gasteiger partial charge in [0.25, 0.3) is 0 Å². The van der Waals surface area contributed by atoms with Gasteiger partial charge in [0.15, 0.2) is 0 Å². The summed E-state index contributed by atoms with van der Waals surface area (Å²) in [6, 6.07) is 7.54. The lowest BCUT2D eigenvalue weighted by Crippen LogP contribution is -2.07. The number of rotatable bonds is 2. The first-order valence-electron chi connectivity index (χ1n) is 4.50. The molecular weight excluding hydrogens is 212 g/mol. The van der Waals surface area contributed by atoms with E-state index in [1.807, 2.05) is 31.2 Å². The molecule has 1 aromatic heterocycles. The molecule has 0 atom stereocenters. The Balaban J connectivity index is 2.48. The van der Waals surface area contributed by atoms with Crippen molar-refractivity contribution in [1.29, 1.82) is 0 Å². The van der Waals surface area contributed by atoms with Crippen LogP contribution in [0.2, 0.25) is 5.02 Å². The average Bonchev–Trinajstić information content (AvgIpc) is 2.60. The van der Waals surface area contributed by atoms with E-state index in [1.165, 1.54) is 0 Å². The molecule has 0 aliphatic heterocycles. The van der Waals surface area contributed by atoms with Crippen LogP contribution in [0.4, 0.5) is 5.95 Å². The Hall–Kier alpha value is -1.52. The van der Waals surface area contributed by atoms with Crippen LogP contribution >= 0.6 is 11.6 Å². The highest BCUT2D eigenvalue weighted by atomic mass is 35.5. The smallest absolute Gasteiger partial charge is 0.215 e. The molecule has 0 saturated heterocycles. The van der Waals surface area contributed by atoms with Gasteiger partial charge in [0.05, 0.1) is 5.69 Å². The maximum Gasteiger partial charge on any atom is 0.215 e. The number of benzene rings is 1. The minimum absolute atomic E-state index is 0.544. The molecule has 0 spiro atoms. The van der Waals surface area contributed by atoms with Crippen molar-refractivity contribution in [1.82, 2.24) is 9.97 Å². The number of nitrogens with zero attached hydrogens (tertiary/aromatic N) is 1. The molecule has 78 valence electrons. The van der Waals surface area contributed by atoms with E-state index in [4.69, 9.17) is 17.4 Å². The van der Waals surface area contributed by atoms with Gasteiger partial charge in [0.1, 0.15) is 0 Å². The Morgan fingerprint density at radius 2 is 2.27 bits per heavy atom. The third-order valence-electron chi connectivity index (χ3n) is 2.12. The third kappa shape index (κ3) is 1.95. The molecular formula is C10H11ClN4. The molecule has 2 rings (SSSR count). The first-order chi connectivity index (χ1) is 7.20. The minimum Gasteiger partial charge on any atom is -0.327 e. The summed E-state index contributed by atoms with van der Waals surface area (Å²) >= 11 is 5.91. The number of hydrogen-bond donors (Lipinski definition) is 3. The van der Waals surface area contributed by atoms with Crippen molar-refractivity contribution in [2.45, 2.75) is 6.92 Å². The van der Waals surface area contributed by atoms with Gasteiger partial charge in [-0.25, -0.2) is 10.8 Å². The van der Waals surface area contributed by atoms with Crippen LogP contribution in [0.1, 0.15) is 5.69 Å². The molecule has 0 unspecified atom stereocenters. The van der Waals surface area contributed by atoms with E-state index >= 15 is 0 Å². The zero-order chi connectivity index (χ0) is 10.8. The van der Waals surface area contributed by atoms with Crippen molar-refractivity contribution in [2.24, 2.45) is 5.84 Å². The fraction of sp³-hybridized carbons (Fsp3) is 0.100. The van der Waals surface area contributed by atoms with Crippen LogP contribution in [0.15, 0.2) is 24.3 Å². The van der Waals surface area contributed by atoms with Gasteiger partial charge in [0, 0.05) is 16.3 Å². The maximum absolute atomic E-state index is 5.91. The molecule has 0 radical (unpaired) electrons. The molecule has 0 fully saturated rings. The summed E-state index contributed by atoms with van der Waals surface area (Å²) in [6.07, 6.45) is 0. The van der Waals surface area contributed by atoms with Crippen molar-refractivity contribution in [3.63, 3.8) is 0 Å². The second-order valence-electron chi connectivity index (χ2n) is 3.21. The normalized spacial score (nSPS) is 10.3. The largest absolute Gasteiger partial charge is 0.327 e. The van der Waals surface area contributed by atoms with Gasteiger partial charge in [-0.3, -0.25) is 5.43 Å². The molecule has 0 bridgehead atoms. The van der Waals surface area contributed by atoms with Crippen LogP contribution in [0.5, 0.6) is 0 Å². The van der Waals surface area contributed by atoms with Gasteiger partial charge >= 0.3 is 0 Å². The summed E-state index contributed by atoms with van der Waals surface area (Å²) in [6.45, 7) is 1.93. The van der Waals surface area contributed by atoms with Gasteiger partial charge in [-0.2, -0.15) is 0 Å². The van der Waals surface area contributed by atoms with Gasteiger partial charge in [-0.1, -0.05) is 23.7 Å². The molecule has 0 amide bonds. The summed E-state index contributed by atoms with van der Waals surface area (Å²) in [5.41, 5.74) is 5.24. The molecule has 1 heterocycles. The van der Waals surface area contributed by atoms with Crippen LogP contribution in [-0.4, -0.2) is 9.97 Å². The molecule has 5 heteroatoms. The SMILES string of the molecule is Cc1[nH]c(NN)nc1-c1cccc(Cl)c1. The topological polar surface area (TPSA) is 66.7 Å². The number of nitrogens with one attached hydrogen (secondary N) is 2. The summed E-state index contributed by atoms with van der Waals surface area (Å²) in [5, 5.41) is 0.692. The van der Waals surface area contributed by atoms with Crippen LogP contribution in [-0.2, 0) is 0 Å². The highest BCUT2D eigenvalue weighted by Crippen LogP contribution is 2.24. The number of aromatic amines is 1. The van der Waals surface area contributed by atoms with Crippen molar-refractivity contribution >= 4 is 17.5 Å². The van der Waals surface area contributed by atoms with Gasteiger partial charge < -0.3 is 4.98 Å². The lowest BCUT2D eigenvalue weighted by molar-refractivity contribution is 1.18. The second kappa shape index (κ2) is 3.92. The number of aromatic nitrogens is 2. The maximum atomic E-state index is 5.91. The zero-order valence-corrected chi connectivity index (χ0v) is 8.97. The summed E-state index contributed by atoms with van der Waals surface area (Å²) in [4.78, 5) is 7.31. The van der Waals surface area contributed by atoms with Gasteiger partial charge in [-0.05, 0) is 19.1 Å². The van der Waals surface area contributed by atoms with E-state index in [-0.39, 0.29) is 0 Å². The van der Waals surface area contributed by atoms with Crippen LogP contribution in [0, 0.1) is 6.92 Å². The molecule has 0 aliphatic rings. The van der Waals surface area contributed by atoms with Crippen LogP contribution in [0.25, 0.3) is 11.3 Å². The number of imidazole rings is 1. The lowest BCUT2D eigenvalue weighted by Gasteiger charge is -1.98. The molecule has 0 aliphatic carbocycles. The fourth-order valence-corrected chi connectivity index (χ4v) is 1.64. The van der Waals surface area contributed by atoms with E-state index in [9.17, 15) is 0 Å². The number of anilines is 1. The Labute approximate surface area is 92.4 Å². The Bertz CT molecular complexity index is 478. The number of nitrogen functional groups attached to an aromatic ring is 1. The summed E-state index contributed by atoms with van der Waals surface area (Å²) in [5.74, 6) is 5.81. The standard InChI is InChI=1S/C10H11ClN4/c1-6-9(14-10(13-6)15-12)7-3-2-4-8(11)5-7/h2-5H,12H2,1H3,(H2,13,14,15). The number of hydrogen-bond acceptors (Lipinski definition) is 3. The quantitative estimate of drug-likeness (QED) is 0.540. The van der Waals surface area contributed by atoms with Gasteiger partial charge in [-0.15, -0.1) is 0 Å². The van der Waals surface area contributed by atoms with E-state index in [2.05, 4.69) is 15.4 Å². The third-order valence-corrected chi connectivity index (χ3v) is 2.35. The Morgan fingerprint density at radius 1 is 1.47 bits per heavy atom. The van der Waals surface area contributed by atoms with Crippen LogP contribution in [0.3, 0.4) is 0 Å². The average molecular weight is 223 g/mol. The van der Waals surface area contributed by atoms with E-state index in [0.717, 1.165) is 17.0 Å². The van der Waals surface area contributed by atoms with Crippen molar-refractivity contribution in [3.8, 4) is 11.3 Å². The first kappa shape index (κ1) is 10.0. The second-order valence-corrected chi connectivity index (χ2v) is 3.65. The highest BCUT2D eigenvalue weighted by Gasteiger charge is 2.08. The number of halogens is 1. The van der Waals surface area contributed by atoms with Crippen LogP contribution < -0.4 is 11.3 Å². The van der Waals surface area contributed by atoms with Crippen molar-refractivity contribution in [3.05, 3.63) is 35.0 Å². The highest BCUT2D eigenvalue weighted by molar-refractivity contribution is 6.30. The molecule has 1 aromatic carbocycles. The molecule has 15 heavy (non-hydrogen) atoms. The number of nitrogens with two attached hydrogens (primary N) is 1. The monoisotopic (exact) mass is 222 g/mol. The van der Waals surface area contributed by atoms with Crippen molar-refractivity contribution in [2.75, 3.05) is 5.43 Å². The predicted molar refractivity (Wildman–Crippen MR) is 61.6 cm³/mol. The zero-order valence-electron chi connectivity index (χ0n) is 8.21. The number of hydrazine groups is 1. The van der Waals surface area contributed by atoms with E-state index < -0.39 is 0 Å². The van der Waals surface area contributed by atoms with Gasteiger partial charge in [0.2, 0.25) is 5.95 Å².